The van der Waals surface area contributed by atoms with Crippen LogP contribution in [-0.2, 0) is 17.1 Å². The van der Waals surface area contributed by atoms with Crippen molar-refractivity contribution in [1.82, 2.24) is 14.9 Å². The maximum absolute atomic E-state index is 13.9. The molecule has 174 valence electrons. The molecule has 0 saturated carbocycles. The van der Waals surface area contributed by atoms with Crippen molar-refractivity contribution in [3.05, 3.63) is 114 Å². The molecular weight excluding hydrogens is 462 g/mol. The fraction of sp³-hybridized carbons (Fsp3) is 0.0833. The molecular formula is C24H20F2N4O3S. The Balaban J connectivity index is 1.62. The summed E-state index contributed by atoms with van der Waals surface area (Å²) in [7, 11) is -2.40. The highest BCUT2D eigenvalue weighted by atomic mass is 32.2. The number of rotatable bonds is 7. The number of aryl methyl sites for hydroxylation is 1. The van der Waals surface area contributed by atoms with Crippen molar-refractivity contribution in [3.63, 3.8) is 0 Å². The number of hydrogen-bond donors (Lipinski definition) is 2. The zero-order chi connectivity index (χ0) is 24.3. The van der Waals surface area contributed by atoms with Gasteiger partial charge in [-0.1, -0.05) is 30.3 Å². The van der Waals surface area contributed by atoms with Gasteiger partial charge < -0.3 is 9.88 Å². The SMILES string of the molecule is Cn1ccnc1[C@@H](NC(=O)c1cccc(S(=O)(=O)Nc2ccccc2F)c1)c1ccc(F)cc1. The van der Waals surface area contributed by atoms with Crippen molar-refractivity contribution in [3.8, 4) is 0 Å². The van der Waals surface area contributed by atoms with Gasteiger partial charge in [0.25, 0.3) is 15.9 Å². The average Bonchev–Trinajstić information content (AvgIpc) is 3.25. The van der Waals surface area contributed by atoms with Crippen LogP contribution in [0.3, 0.4) is 0 Å². The molecule has 34 heavy (non-hydrogen) atoms. The number of anilines is 1. The summed E-state index contributed by atoms with van der Waals surface area (Å²) in [5.74, 6) is -1.21. The summed E-state index contributed by atoms with van der Waals surface area (Å²) < 4.78 is 56.8. The normalized spacial score (nSPS) is 12.2. The summed E-state index contributed by atoms with van der Waals surface area (Å²) in [5.41, 5.74) is 0.454. The number of halogens is 2. The standard InChI is InChI=1S/C24H20F2N4O3S/c1-30-14-13-27-23(30)22(16-9-11-18(25)12-10-16)28-24(31)17-5-4-6-19(15-17)34(32,33)29-21-8-3-2-7-20(21)26/h2-15,22,29H,1H3,(H,28,31)/t22-/m0/s1. The van der Waals surface area contributed by atoms with Crippen LogP contribution < -0.4 is 10.0 Å². The molecule has 4 aromatic rings. The van der Waals surface area contributed by atoms with Crippen molar-refractivity contribution in [2.75, 3.05) is 4.72 Å². The molecule has 3 aromatic carbocycles. The van der Waals surface area contributed by atoms with Crippen LogP contribution in [0, 0.1) is 11.6 Å². The monoisotopic (exact) mass is 482 g/mol. The number of imidazole rings is 1. The van der Waals surface area contributed by atoms with Crippen LogP contribution >= 0.6 is 0 Å². The maximum Gasteiger partial charge on any atom is 0.262 e. The van der Waals surface area contributed by atoms with Gasteiger partial charge in [0, 0.05) is 25.0 Å². The second kappa shape index (κ2) is 9.44. The van der Waals surface area contributed by atoms with Crippen molar-refractivity contribution >= 4 is 21.6 Å². The van der Waals surface area contributed by atoms with E-state index in [1.807, 2.05) is 0 Å². The van der Waals surface area contributed by atoms with Gasteiger partial charge in [-0.05, 0) is 48.0 Å². The van der Waals surface area contributed by atoms with Gasteiger partial charge in [-0.3, -0.25) is 9.52 Å². The van der Waals surface area contributed by atoms with Crippen molar-refractivity contribution in [1.29, 1.82) is 0 Å². The van der Waals surface area contributed by atoms with E-state index in [1.54, 1.807) is 24.0 Å². The Kier molecular flexibility index (Phi) is 6.42. The third kappa shape index (κ3) is 4.96. The van der Waals surface area contributed by atoms with Crippen LogP contribution in [0.1, 0.15) is 27.8 Å². The molecule has 0 saturated heterocycles. The molecule has 2 N–H and O–H groups in total. The molecule has 0 unspecified atom stereocenters. The van der Waals surface area contributed by atoms with Crippen molar-refractivity contribution in [2.45, 2.75) is 10.9 Å². The van der Waals surface area contributed by atoms with Gasteiger partial charge in [-0.25, -0.2) is 22.2 Å². The molecule has 0 fully saturated rings. The van der Waals surface area contributed by atoms with Crippen LogP contribution in [0.2, 0.25) is 0 Å². The number of sulfonamides is 1. The van der Waals surface area contributed by atoms with Crippen LogP contribution in [0.5, 0.6) is 0 Å². The van der Waals surface area contributed by atoms with Gasteiger partial charge in [-0.2, -0.15) is 0 Å². The highest BCUT2D eigenvalue weighted by Crippen LogP contribution is 2.23. The Morgan fingerprint density at radius 2 is 1.74 bits per heavy atom. The summed E-state index contributed by atoms with van der Waals surface area (Å²) >= 11 is 0. The number of para-hydroxylation sites is 1. The van der Waals surface area contributed by atoms with Crippen LogP contribution in [0.15, 0.2) is 90.1 Å². The molecule has 1 atom stereocenters. The lowest BCUT2D eigenvalue weighted by Crippen LogP contribution is -2.31. The first-order valence-electron chi connectivity index (χ1n) is 10.2. The van der Waals surface area contributed by atoms with Gasteiger partial charge in [0.05, 0.1) is 10.6 Å². The lowest BCUT2D eigenvalue weighted by atomic mass is 10.1. The molecule has 0 spiro atoms. The number of amides is 1. The smallest absolute Gasteiger partial charge is 0.262 e. The first-order chi connectivity index (χ1) is 16.2. The number of aromatic nitrogens is 2. The maximum atomic E-state index is 13.9. The molecule has 10 heteroatoms. The fourth-order valence-corrected chi connectivity index (χ4v) is 4.49. The number of carbonyl (C=O) groups is 1. The van der Waals surface area contributed by atoms with Crippen molar-refractivity contribution in [2.24, 2.45) is 7.05 Å². The summed E-state index contributed by atoms with van der Waals surface area (Å²) in [5, 5.41) is 2.83. The summed E-state index contributed by atoms with van der Waals surface area (Å²) in [4.78, 5) is 17.2. The van der Waals surface area contributed by atoms with Crippen LogP contribution in [-0.4, -0.2) is 23.9 Å². The lowest BCUT2D eigenvalue weighted by Gasteiger charge is -2.19. The molecule has 0 aliphatic carbocycles. The van der Waals surface area contributed by atoms with Gasteiger partial charge in [0.15, 0.2) is 0 Å². The second-order valence-electron chi connectivity index (χ2n) is 7.47. The van der Waals surface area contributed by atoms with E-state index in [4.69, 9.17) is 0 Å². The summed E-state index contributed by atoms with van der Waals surface area (Å²) in [6.45, 7) is 0. The number of nitrogens with one attached hydrogen (secondary N) is 2. The first-order valence-corrected chi connectivity index (χ1v) is 11.6. The summed E-state index contributed by atoms with van der Waals surface area (Å²) in [6, 6.07) is 15.6. The molecule has 0 bridgehead atoms. The van der Waals surface area contributed by atoms with E-state index in [0.717, 1.165) is 6.07 Å². The molecule has 0 aliphatic rings. The minimum absolute atomic E-state index is 0.0673. The Labute approximate surface area is 195 Å². The Morgan fingerprint density at radius 1 is 1.00 bits per heavy atom. The quantitative estimate of drug-likeness (QED) is 0.416. The second-order valence-corrected chi connectivity index (χ2v) is 9.15. The Hall–Kier alpha value is -4.05. The average molecular weight is 483 g/mol. The first kappa shape index (κ1) is 23.1. The number of nitrogens with zero attached hydrogens (tertiary/aromatic N) is 2. The zero-order valence-electron chi connectivity index (χ0n) is 17.9. The molecule has 1 heterocycles. The third-order valence-corrected chi connectivity index (χ3v) is 6.48. The van der Waals surface area contributed by atoms with E-state index < -0.39 is 33.6 Å². The number of carbonyl (C=O) groups excluding carboxylic acids is 1. The van der Waals surface area contributed by atoms with E-state index in [0.29, 0.717) is 11.4 Å². The minimum atomic E-state index is -4.16. The molecule has 7 nitrogen and oxygen atoms in total. The van der Waals surface area contributed by atoms with E-state index in [9.17, 15) is 22.0 Å². The van der Waals surface area contributed by atoms with Crippen LogP contribution in [0.25, 0.3) is 0 Å². The molecule has 1 amide bonds. The van der Waals surface area contributed by atoms with E-state index in [2.05, 4.69) is 15.0 Å². The van der Waals surface area contributed by atoms with E-state index in [1.165, 1.54) is 66.7 Å². The third-order valence-electron chi connectivity index (χ3n) is 5.12. The Morgan fingerprint density at radius 3 is 2.41 bits per heavy atom. The molecule has 4 rings (SSSR count). The van der Waals surface area contributed by atoms with E-state index in [-0.39, 0.29) is 16.1 Å². The topological polar surface area (TPSA) is 93.1 Å². The predicted octanol–water partition coefficient (Wildman–Crippen LogP) is 4.02. The zero-order valence-corrected chi connectivity index (χ0v) is 18.8. The van der Waals surface area contributed by atoms with Gasteiger partial charge in [0.1, 0.15) is 23.5 Å². The molecule has 0 radical (unpaired) electrons. The minimum Gasteiger partial charge on any atom is -0.338 e. The van der Waals surface area contributed by atoms with Gasteiger partial charge >= 0.3 is 0 Å². The molecule has 1 aromatic heterocycles. The largest absolute Gasteiger partial charge is 0.338 e. The number of benzene rings is 3. The van der Waals surface area contributed by atoms with Gasteiger partial charge in [-0.15, -0.1) is 0 Å². The predicted molar refractivity (Wildman–Crippen MR) is 123 cm³/mol. The summed E-state index contributed by atoms with van der Waals surface area (Å²) in [6.07, 6.45) is 3.28. The van der Waals surface area contributed by atoms with Crippen LogP contribution in [0.4, 0.5) is 14.5 Å². The van der Waals surface area contributed by atoms with Crippen molar-refractivity contribution < 1.29 is 22.0 Å². The Bertz CT molecular complexity index is 1440. The highest BCUT2D eigenvalue weighted by Gasteiger charge is 2.23. The lowest BCUT2D eigenvalue weighted by molar-refractivity contribution is 0.0941. The van der Waals surface area contributed by atoms with Gasteiger partial charge in [0.2, 0.25) is 0 Å². The highest BCUT2D eigenvalue weighted by molar-refractivity contribution is 7.92. The van der Waals surface area contributed by atoms with E-state index >= 15 is 0 Å². The fourth-order valence-electron chi connectivity index (χ4n) is 3.37. The molecule has 0 aliphatic heterocycles. The number of hydrogen-bond acceptors (Lipinski definition) is 4.